The Morgan fingerprint density at radius 3 is 2.15 bits per heavy atom. The molecule has 2 amide bonds. The summed E-state index contributed by atoms with van der Waals surface area (Å²) in [4.78, 5) is 32.5. The number of amides is 2. The standard InChI is InChI=1S/C25H18N4O2S2/c30-20-16-32-25(29(20)19-14-8-3-9-15-19)28-27-23(31)21-22(17-10-4-1-5-11-17)33-24(26-21)18-12-6-2-7-13-18/h1-15H,16H2,(H,27,31)/b28-25+. The molecule has 1 fully saturated rings. The van der Waals surface area contributed by atoms with E-state index in [2.05, 4.69) is 15.5 Å². The maximum atomic E-state index is 13.2. The van der Waals surface area contributed by atoms with Crippen LogP contribution in [0.5, 0.6) is 0 Å². The Bertz CT molecular complexity index is 1320. The van der Waals surface area contributed by atoms with Gasteiger partial charge in [-0.25, -0.2) is 10.4 Å². The van der Waals surface area contributed by atoms with E-state index in [0.717, 1.165) is 21.0 Å². The Kier molecular flexibility index (Phi) is 6.01. The third kappa shape index (κ3) is 4.44. The van der Waals surface area contributed by atoms with E-state index in [1.54, 1.807) is 0 Å². The molecule has 4 aromatic rings. The third-order valence-electron chi connectivity index (χ3n) is 4.93. The summed E-state index contributed by atoms with van der Waals surface area (Å²) in [5, 5.41) is 5.46. The van der Waals surface area contributed by atoms with Gasteiger partial charge >= 0.3 is 0 Å². The summed E-state index contributed by atoms with van der Waals surface area (Å²) in [6.07, 6.45) is 0. The van der Waals surface area contributed by atoms with Gasteiger partial charge in [0, 0.05) is 5.56 Å². The van der Waals surface area contributed by atoms with Crippen molar-refractivity contribution in [2.24, 2.45) is 5.10 Å². The van der Waals surface area contributed by atoms with Crippen molar-refractivity contribution in [2.45, 2.75) is 0 Å². The van der Waals surface area contributed by atoms with Crippen molar-refractivity contribution in [1.29, 1.82) is 0 Å². The zero-order valence-corrected chi connectivity index (χ0v) is 19.0. The van der Waals surface area contributed by atoms with E-state index in [0.29, 0.717) is 16.5 Å². The second kappa shape index (κ2) is 9.40. The van der Waals surface area contributed by atoms with E-state index in [4.69, 9.17) is 0 Å². The molecule has 0 unspecified atom stereocenters. The third-order valence-corrected chi connectivity index (χ3v) is 7.01. The lowest BCUT2D eigenvalue weighted by Crippen LogP contribution is -2.31. The second-order valence-electron chi connectivity index (χ2n) is 7.12. The van der Waals surface area contributed by atoms with E-state index in [9.17, 15) is 9.59 Å². The highest BCUT2D eigenvalue weighted by Crippen LogP contribution is 2.35. The average molecular weight is 471 g/mol. The van der Waals surface area contributed by atoms with Gasteiger partial charge in [0.05, 0.1) is 16.3 Å². The van der Waals surface area contributed by atoms with Gasteiger partial charge < -0.3 is 0 Å². The van der Waals surface area contributed by atoms with Crippen molar-refractivity contribution in [3.05, 3.63) is 96.7 Å². The molecule has 162 valence electrons. The molecule has 0 aliphatic carbocycles. The summed E-state index contributed by atoms with van der Waals surface area (Å²) in [5.41, 5.74) is 5.48. The van der Waals surface area contributed by atoms with Gasteiger partial charge in [0.15, 0.2) is 5.17 Å². The molecule has 1 aliphatic heterocycles. The highest BCUT2D eigenvalue weighted by atomic mass is 32.2. The van der Waals surface area contributed by atoms with Crippen LogP contribution in [0.15, 0.2) is 96.1 Å². The number of para-hydroxylation sites is 1. The number of rotatable bonds is 5. The Morgan fingerprint density at radius 1 is 0.879 bits per heavy atom. The number of nitrogens with zero attached hydrogens (tertiary/aromatic N) is 3. The van der Waals surface area contributed by atoms with Crippen LogP contribution in [0.25, 0.3) is 21.0 Å². The molecule has 33 heavy (non-hydrogen) atoms. The number of thiazole rings is 1. The number of carbonyl (C=O) groups is 2. The summed E-state index contributed by atoms with van der Waals surface area (Å²) in [6, 6.07) is 28.7. The first-order valence-electron chi connectivity index (χ1n) is 10.2. The van der Waals surface area contributed by atoms with Crippen molar-refractivity contribution in [1.82, 2.24) is 10.4 Å². The first kappa shape index (κ1) is 21.1. The number of nitrogens with one attached hydrogen (secondary N) is 1. The molecule has 1 saturated heterocycles. The van der Waals surface area contributed by atoms with Crippen LogP contribution in [-0.4, -0.2) is 27.7 Å². The van der Waals surface area contributed by atoms with Gasteiger partial charge in [-0.15, -0.1) is 16.4 Å². The summed E-state index contributed by atoms with van der Waals surface area (Å²) in [7, 11) is 0. The van der Waals surface area contributed by atoms with Gasteiger partial charge in [0.1, 0.15) is 10.7 Å². The second-order valence-corrected chi connectivity index (χ2v) is 9.06. The summed E-state index contributed by atoms with van der Waals surface area (Å²) >= 11 is 2.75. The number of thioether (sulfide) groups is 1. The average Bonchev–Trinajstić information content (AvgIpc) is 3.48. The molecular weight excluding hydrogens is 452 g/mol. The highest BCUT2D eigenvalue weighted by molar-refractivity contribution is 8.15. The van der Waals surface area contributed by atoms with Gasteiger partial charge in [-0.05, 0) is 17.7 Å². The zero-order valence-electron chi connectivity index (χ0n) is 17.3. The fourth-order valence-electron chi connectivity index (χ4n) is 3.39. The number of benzene rings is 3. The quantitative estimate of drug-likeness (QED) is 0.404. The lowest BCUT2D eigenvalue weighted by molar-refractivity contribution is -0.115. The minimum Gasteiger partial charge on any atom is -0.273 e. The van der Waals surface area contributed by atoms with Gasteiger partial charge in [-0.1, -0.05) is 90.6 Å². The molecule has 1 N–H and O–H groups in total. The van der Waals surface area contributed by atoms with Crippen molar-refractivity contribution < 1.29 is 9.59 Å². The van der Waals surface area contributed by atoms with Gasteiger partial charge in [-0.2, -0.15) is 0 Å². The topological polar surface area (TPSA) is 74.7 Å². The van der Waals surface area contributed by atoms with Crippen LogP contribution < -0.4 is 10.3 Å². The van der Waals surface area contributed by atoms with Crippen molar-refractivity contribution >= 4 is 45.8 Å². The number of hydrogen-bond donors (Lipinski definition) is 1. The van der Waals surface area contributed by atoms with E-state index >= 15 is 0 Å². The van der Waals surface area contributed by atoms with Crippen LogP contribution in [0.4, 0.5) is 5.69 Å². The smallest absolute Gasteiger partial charge is 0.273 e. The Labute approximate surface area is 199 Å². The van der Waals surface area contributed by atoms with Crippen molar-refractivity contribution in [2.75, 3.05) is 10.7 Å². The van der Waals surface area contributed by atoms with Gasteiger partial charge in [0.2, 0.25) is 5.91 Å². The number of aromatic nitrogens is 1. The van der Waals surface area contributed by atoms with E-state index in [-0.39, 0.29) is 11.7 Å². The number of hydrogen-bond acceptors (Lipinski definition) is 6. The van der Waals surface area contributed by atoms with E-state index in [1.165, 1.54) is 28.0 Å². The maximum Gasteiger partial charge on any atom is 0.291 e. The van der Waals surface area contributed by atoms with Crippen molar-refractivity contribution in [3.8, 4) is 21.0 Å². The van der Waals surface area contributed by atoms with E-state index in [1.807, 2.05) is 91.0 Å². The van der Waals surface area contributed by atoms with Crippen LogP contribution in [-0.2, 0) is 4.79 Å². The SMILES string of the molecule is O=C(N/N=C1/SCC(=O)N1c1ccccc1)c1nc(-c2ccccc2)sc1-c1ccccc1. The molecule has 0 spiro atoms. The summed E-state index contributed by atoms with van der Waals surface area (Å²) < 4.78 is 0. The Hall–Kier alpha value is -3.75. The Balaban J connectivity index is 1.47. The zero-order chi connectivity index (χ0) is 22.6. The predicted molar refractivity (Wildman–Crippen MR) is 134 cm³/mol. The fraction of sp³-hybridized carbons (Fsp3) is 0.0400. The molecule has 0 radical (unpaired) electrons. The number of anilines is 1. The molecule has 3 aromatic carbocycles. The fourth-order valence-corrected chi connectivity index (χ4v) is 5.29. The van der Waals surface area contributed by atoms with Crippen LogP contribution in [0.1, 0.15) is 10.5 Å². The first-order valence-corrected chi connectivity index (χ1v) is 12.0. The van der Waals surface area contributed by atoms with Crippen LogP contribution >= 0.6 is 23.1 Å². The van der Waals surface area contributed by atoms with Gasteiger partial charge in [-0.3, -0.25) is 14.5 Å². The minimum atomic E-state index is -0.423. The van der Waals surface area contributed by atoms with Crippen LogP contribution in [0.2, 0.25) is 0 Å². The normalized spacial score (nSPS) is 14.6. The molecular formula is C25H18N4O2S2. The molecule has 1 aromatic heterocycles. The summed E-state index contributed by atoms with van der Waals surface area (Å²) in [5.74, 6) is -0.231. The number of carbonyl (C=O) groups excluding carboxylic acids is 2. The maximum absolute atomic E-state index is 13.2. The molecule has 6 nitrogen and oxygen atoms in total. The van der Waals surface area contributed by atoms with Crippen molar-refractivity contribution in [3.63, 3.8) is 0 Å². The predicted octanol–water partition coefficient (Wildman–Crippen LogP) is 5.26. The Morgan fingerprint density at radius 2 is 1.48 bits per heavy atom. The largest absolute Gasteiger partial charge is 0.291 e. The monoisotopic (exact) mass is 470 g/mol. The molecule has 2 heterocycles. The molecule has 8 heteroatoms. The number of amidine groups is 1. The number of hydrazone groups is 1. The highest BCUT2D eigenvalue weighted by Gasteiger charge is 2.30. The molecule has 1 aliphatic rings. The van der Waals surface area contributed by atoms with E-state index < -0.39 is 5.91 Å². The molecule has 0 bridgehead atoms. The minimum absolute atomic E-state index is 0.0794. The lowest BCUT2D eigenvalue weighted by Gasteiger charge is -2.15. The van der Waals surface area contributed by atoms with Crippen LogP contribution in [0.3, 0.4) is 0 Å². The summed E-state index contributed by atoms with van der Waals surface area (Å²) in [6.45, 7) is 0. The lowest BCUT2D eigenvalue weighted by atomic mass is 10.1. The molecule has 5 rings (SSSR count). The first-order chi connectivity index (χ1) is 16.2. The van der Waals surface area contributed by atoms with Gasteiger partial charge in [0.25, 0.3) is 5.91 Å². The van der Waals surface area contributed by atoms with Crippen LogP contribution in [0, 0.1) is 0 Å². The molecule has 0 atom stereocenters. The molecule has 0 saturated carbocycles.